The summed E-state index contributed by atoms with van der Waals surface area (Å²) in [5.74, 6) is -0.367. The zero-order valence-corrected chi connectivity index (χ0v) is 11.5. The molecule has 1 aromatic heterocycles. The number of nitrogens with one attached hydrogen (secondary N) is 2. The molecule has 0 aliphatic carbocycles. The Kier molecular flexibility index (Phi) is 4.12. The van der Waals surface area contributed by atoms with E-state index >= 15 is 0 Å². The molecule has 0 bridgehead atoms. The van der Waals surface area contributed by atoms with Crippen LogP contribution in [0.4, 0.5) is 5.69 Å². The number of hydrogen-bond donors (Lipinski definition) is 2. The number of rotatable bonds is 4. The molecule has 0 unspecified atom stereocenters. The Morgan fingerprint density at radius 1 is 1.37 bits per heavy atom. The number of methoxy groups -OCH3 is 1. The van der Waals surface area contributed by atoms with Crippen molar-refractivity contribution in [3.63, 3.8) is 0 Å². The van der Waals surface area contributed by atoms with Crippen LogP contribution in [0.1, 0.15) is 21.7 Å². The molecule has 5 heteroatoms. The second-order valence-electron chi connectivity index (χ2n) is 4.20. The van der Waals surface area contributed by atoms with Crippen LogP contribution in [0.25, 0.3) is 0 Å². The van der Waals surface area contributed by atoms with Crippen LogP contribution in [0.2, 0.25) is 5.02 Å². The maximum absolute atomic E-state index is 11.3. The minimum absolute atomic E-state index is 0.367. The Balaban J connectivity index is 2.02. The van der Waals surface area contributed by atoms with Gasteiger partial charge in [-0.25, -0.2) is 4.79 Å². The topological polar surface area (TPSA) is 54.1 Å². The molecular weight excluding hydrogens is 264 g/mol. The molecule has 19 heavy (non-hydrogen) atoms. The average Bonchev–Trinajstić information content (AvgIpc) is 2.85. The van der Waals surface area contributed by atoms with E-state index in [-0.39, 0.29) is 5.97 Å². The highest BCUT2D eigenvalue weighted by molar-refractivity contribution is 6.30. The molecule has 0 amide bonds. The third kappa shape index (κ3) is 3.29. The molecule has 1 heterocycles. The maximum Gasteiger partial charge on any atom is 0.354 e. The number of hydrogen-bond acceptors (Lipinski definition) is 3. The fourth-order valence-corrected chi connectivity index (χ4v) is 2.01. The van der Waals surface area contributed by atoms with Gasteiger partial charge in [0.25, 0.3) is 0 Å². The van der Waals surface area contributed by atoms with Crippen LogP contribution in [-0.4, -0.2) is 18.1 Å². The van der Waals surface area contributed by atoms with Crippen molar-refractivity contribution < 1.29 is 9.53 Å². The van der Waals surface area contributed by atoms with Gasteiger partial charge in [0.15, 0.2) is 0 Å². The Morgan fingerprint density at radius 2 is 2.16 bits per heavy atom. The molecule has 2 N–H and O–H groups in total. The fraction of sp³-hybridized carbons (Fsp3) is 0.214. The third-order valence-electron chi connectivity index (χ3n) is 2.81. The SMILES string of the molecule is COC(=O)c1ccc(CNc2ccc(Cl)cc2C)[nH]1. The van der Waals surface area contributed by atoms with E-state index < -0.39 is 0 Å². The largest absolute Gasteiger partial charge is 0.464 e. The van der Waals surface area contributed by atoms with E-state index in [9.17, 15) is 4.79 Å². The van der Waals surface area contributed by atoms with E-state index in [0.29, 0.717) is 12.2 Å². The number of benzene rings is 1. The van der Waals surface area contributed by atoms with Gasteiger partial charge >= 0.3 is 5.97 Å². The van der Waals surface area contributed by atoms with Crippen LogP contribution in [0.5, 0.6) is 0 Å². The summed E-state index contributed by atoms with van der Waals surface area (Å²) in [6.07, 6.45) is 0. The van der Waals surface area contributed by atoms with Crippen LogP contribution in [0, 0.1) is 6.92 Å². The molecule has 0 aliphatic heterocycles. The first-order valence-electron chi connectivity index (χ1n) is 5.86. The lowest BCUT2D eigenvalue weighted by Crippen LogP contribution is -2.04. The van der Waals surface area contributed by atoms with Crippen molar-refractivity contribution in [1.29, 1.82) is 0 Å². The Morgan fingerprint density at radius 3 is 2.84 bits per heavy atom. The highest BCUT2D eigenvalue weighted by atomic mass is 35.5. The molecule has 1 aromatic carbocycles. The monoisotopic (exact) mass is 278 g/mol. The van der Waals surface area contributed by atoms with Crippen molar-refractivity contribution in [1.82, 2.24) is 4.98 Å². The van der Waals surface area contributed by atoms with Gasteiger partial charge in [-0.3, -0.25) is 0 Å². The lowest BCUT2D eigenvalue weighted by molar-refractivity contribution is 0.0594. The van der Waals surface area contributed by atoms with Gasteiger partial charge in [-0.15, -0.1) is 0 Å². The van der Waals surface area contributed by atoms with Gasteiger partial charge in [0, 0.05) is 16.4 Å². The smallest absolute Gasteiger partial charge is 0.354 e. The standard InChI is InChI=1S/C14H15ClN2O2/c1-9-7-10(15)3-5-12(9)16-8-11-4-6-13(17-11)14(18)19-2/h3-7,16-17H,8H2,1-2H3. The first kappa shape index (κ1) is 13.5. The zero-order chi connectivity index (χ0) is 13.8. The summed E-state index contributed by atoms with van der Waals surface area (Å²) >= 11 is 5.90. The lowest BCUT2D eigenvalue weighted by Gasteiger charge is -2.08. The van der Waals surface area contributed by atoms with Crippen LogP contribution in [0.3, 0.4) is 0 Å². The molecule has 0 atom stereocenters. The minimum atomic E-state index is -0.367. The summed E-state index contributed by atoms with van der Waals surface area (Å²) in [5, 5.41) is 4.00. The highest BCUT2D eigenvalue weighted by Gasteiger charge is 2.07. The number of carbonyl (C=O) groups is 1. The van der Waals surface area contributed by atoms with Crippen molar-refractivity contribution in [2.24, 2.45) is 0 Å². The maximum atomic E-state index is 11.3. The van der Waals surface area contributed by atoms with Crippen molar-refractivity contribution in [2.45, 2.75) is 13.5 Å². The fourth-order valence-electron chi connectivity index (χ4n) is 1.79. The van der Waals surface area contributed by atoms with Crippen molar-refractivity contribution in [3.8, 4) is 0 Å². The first-order valence-corrected chi connectivity index (χ1v) is 6.24. The number of aromatic amines is 1. The molecule has 0 saturated carbocycles. The summed E-state index contributed by atoms with van der Waals surface area (Å²) in [6, 6.07) is 9.23. The van der Waals surface area contributed by atoms with Gasteiger partial charge in [-0.1, -0.05) is 11.6 Å². The highest BCUT2D eigenvalue weighted by Crippen LogP contribution is 2.20. The van der Waals surface area contributed by atoms with E-state index in [1.165, 1.54) is 7.11 Å². The predicted molar refractivity (Wildman–Crippen MR) is 75.6 cm³/mol. The number of halogens is 1. The van der Waals surface area contributed by atoms with Gasteiger partial charge in [-0.05, 0) is 42.8 Å². The number of aromatic nitrogens is 1. The number of ether oxygens (including phenoxy) is 1. The zero-order valence-electron chi connectivity index (χ0n) is 10.8. The van der Waals surface area contributed by atoms with Crippen LogP contribution in [-0.2, 0) is 11.3 Å². The van der Waals surface area contributed by atoms with E-state index in [0.717, 1.165) is 22.0 Å². The first-order chi connectivity index (χ1) is 9.10. The lowest BCUT2D eigenvalue weighted by atomic mass is 10.2. The molecular formula is C14H15ClN2O2. The van der Waals surface area contributed by atoms with Gasteiger partial charge in [0.1, 0.15) is 5.69 Å². The van der Waals surface area contributed by atoms with E-state index in [1.807, 2.05) is 31.2 Å². The number of aryl methyl sites for hydroxylation is 1. The Labute approximate surface area is 116 Å². The van der Waals surface area contributed by atoms with Gasteiger partial charge in [0.05, 0.1) is 13.7 Å². The van der Waals surface area contributed by atoms with Gasteiger partial charge in [-0.2, -0.15) is 0 Å². The average molecular weight is 279 g/mol. The molecule has 4 nitrogen and oxygen atoms in total. The van der Waals surface area contributed by atoms with Crippen LogP contribution < -0.4 is 5.32 Å². The molecule has 0 saturated heterocycles. The van der Waals surface area contributed by atoms with E-state index in [4.69, 9.17) is 11.6 Å². The molecule has 0 radical (unpaired) electrons. The third-order valence-corrected chi connectivity index (χ3v) is 3.04. The quantitative estimate of drug-likeness (QED) is 0.843. The second-order valence-corrected chi connectivity index (χ2v) is 4.64. The van der Waals surface area contributed by atoms with Crippen LogP contribution >= 0.6 is 11.6 Å². The van der Waals surface area contributed by atoms with Crippen LogP contribution in [0.15, 0.2) is 30.3 Å². The molecule has 2 rings (SSSR count). The Hall–Kier alpha value is -1.94. The molecule has 2 aromatic rings. The summed E-state index contributed by atoms with van der Waals surface area (Å²) in [7, 11) is 1.36. The van der Waals surface area contributed by atoms with Gasteiger partial charge in [0.2, 0.25) is 0 Å². The normalized spacial score (nSPS) is 10.3. The second kappa shape index (κ2) is 5.80. The molecule has 0 fully saturated rings. The van der Waals surface area contributed by atoms with Crippen molar-refractivity contribution in [2.75, 3.05) is 12.4 Å². The summed E-state index contributed by atoms with van der Waals surface area (Å²) < 4.78 is 4.64. The summed E-state index contributed by atoms with van der Waals surface area (Å²) in [5.41, 5.74) is 3.45. The minimum Gasteiger partial charge on any atom is -0.464 e. The molecule has 100 valence electrons. The summed E-state index contributed by atoms with van der Waals surface area (Å²) in [4.78, 5) is 14.3. The van der Waals surface area contributed by atoms with Gasteiger partial charge < -0.3 is 15.0 Å². The van der Waals surface area contributed by atoms with E-state index in [1.54, 1.807) is 6.07 Å². The number of H-pyrrole nitrogens is 1. The molecule has 0 aliphatic rings. The molecule has 0 spiro atoms. The van der Waals surface area contributed by atoms with Crippen molar-refractivity contribution in [3.05, 3.63) is 52.3 Å². The number of esters is 1. The summed E-state index contributed by atoms with van der Waals surface area (Å²) in [6.45, 7) is 2.59. The number of anilines is 1. The Bertz CT molecular complexity index is 593. The van der Waals surface area contributed by atoms with Crippen molar-refractivity contribution >= 4 is 23.3 Å². The van der Waals surface area contributed by atoms with E-state index in [2.05, 4.69) is 15.0 Å². The number of carbonyl (C=O) groups excluding carboxylic acids is 1. The predicted octanol–water partition coefficient (Wildman–Crippen LogP) is 3.38.